The van der Waals surface area contributed by atoms with Crippen LogP contribution in [-0.2, 0) is 9.59 Å². The van der Waals surface area contributed by atoms with Gasteiger partial charge in [-0.2, -0.15) is 10.5 Å². The number of amidine groups is 1. The number of nitrogens with zero attached hydrogens (tertiary/aromatic N) is 9. The number of likely N-dealkylation sites (N-methyl/N-ethyl adjacent to an activating group) is 2. The molecule has 0 bridgehead atoms. The Balaban J connectivity index is 0.000000168. The van der Waals surface area contributed by atoms with Crippen LogP contribution in [-0.4, -0.2) is 139 Å². The van der Waals surface area contributed by atoms with Gasteiger partial charge in [0.05, 0.1) is 30.4 Å². The van der Waals surface area contributed by atoms with E-state index in [1.165, 1.54) is 14.7 Å². The number of hydrogen-bond acceptors (Lipinski definition) is 10. The molecule has 42 heavy (non-hydrogen) atoms. The normalized spacial score (nSPS) is 29.1. The SMILES string of the molecule is CC1=NNC2=NC3C(C(=O)N(C(C)(C)C)C(=O)N3C)N2C1.CC1=NNC2=[N+](C1)C1C(=O)N(C(C)(C)C)C(=O)N(C)C1C2. The summed E-state index contributed by atoms with van der Waals surface area (Å²) in [6.45, 7) is 16.2. The monoisotopic (exact) mass is 584 g/mol. The second kappa shape index (κ2) is 9.76. The molecule has 15 heteroatoms. The first kappa shape index (κ1) is 29.5. The number of guanidine groups is 1. The standard InChI is InChI=1S/C14H21N5O2.C13H20N6O2/c1-8-7-18-10(16-15-8)6-9-11(18)12(20)19(14(2,3)4)13(21)17(9)5;1-7-6-18-8-9(14-11(18)16-15-7)17(5)12(21)19(10(8)20)13(2,3)4/h9,11H,6-7H2,1-5H3;8-9H,6H2,1-5H3,(H,14,16)/p+1. The van der Waals surface area contributed by atoms with Gasteiger partial charge in [-0.25, -0.2) is 24.6 Å². The number of hydrogen-bond donors (Lipinski definition) is 2. The summed E-state index contributed by atoms with van der Waals surface area (Å²) in [7, 11) is 3.46. The molecular weight excluding hydrogens is 542 g/mol. The highest BCUT2D eigenvalue weighted by Gasteiger charge is 2.57. The number of imide groups is 2. The Morgan fingerprint density at radius 3 is 2.00 bits per heavy atom. The minimum atomic E-state index is -0.567. The van der Waals surface area contributed by atoms with Crippen molar-refractivity contribution in [3.8, 4) is 0 Å². The molecule has 0 spiro atoms. The fourth-order valence-electron chi connectivity index (χ4n) is 6.27. The number of amides is 6. The molecule has 0 saturated carbocycles. The molecule has 6 amide bonds. The quantitative estimate of drug-likeness (QED) is 0.388. The van der Waals surface area contributed by atoms with Crippen molar-refractivity contribution in [2.45, 2.75) is 97.2 Å². The average molecular weight is 585 g/mol. The van der Waals surface area contributed by atoms with E-state index < -0.39 is 23.3 Å². The molecule has 2 N–H and O–H groups in total. The maximum Gasteiger partial charge on any atom is 0.328 e. The van der Waals surface area contributed by atoms with Crippen molar-refractivity contribution in [2.75, 3.05) is 27.2 Å². The van der Waals surface area contributed by atoms with E-state index in [9.17, 15) is 19.2 Å². The lowest BCUT2D eigenvalue weighted by atomic mass is 9.97. The van der Waals surface area contributed by atoms with Gasteiger partial charge in [0.1, 0.15) is 6.54 Å². The largest absolute Gasteiger partial charge is 0.328 e. The summed E-state index contributed by atoms with van der Waals surface area (Å²) in [6, 6.07) is -1.45. The minimum absolute atomic E-state index is 0.109. The molecule has 6 rings (SSSR count). The van der Waals surface area contributed by atoms with Gasteiger partial charge in [-0.1, -0.05) is 5.10 Å². The molecule has 2 fully saturated rings. The van der Waals surface area contributed by atoms with Gasteiger partial charge in [0.2, 0.25) is 5.96 Å². The number of urea groups is 2. The molecule has 2 saturated heterocycles. The van der Waals surface area contributed by atoms with E-state index in [-0.39, 0.29) is 36.0 Å². The third-order valence-corrected chi connectivity index (χ3v) is 8.28. The zero-order valence-electron chi connectivity index (χ0n) is 26.1. The first-order chi connectivity index (χ1) is 19.4. The van der Waals surface area contributed by atoms with Crippen LogP contribution in [0.15, 0.2) is 15.2 Å². The third kappa shape index (κ3) is 4.58. The van der Waals surface area contributed by atoms with Gasteiger partial charge in [0.15, 0.2) is 18.2 Å². The van der Waals surface area contributed by atoms with Crippen molar-refractivity contribution in [3.63, 3.8) is 0 Å². The summed E-state index contributed by atoms with van der Waals surface area (Å²) in [5, 5.41) is 8.36. The van der Waals surface area contributed by atoms with Crippen LogP contribution >= 0.6 is 0 Å². The lowest BCUT2D eigenvalue weighted by Crippen LogP contribution is -2.69. The van der Waals surface area contributed by atoms with Gasteiger partial charge in [-0.3, -0.25) is 19.4 Å². The number of carbonyl (C=O) groups is 4. The second-order valence-electron chi connectivity index (χ2n) is 13.6. The molecule has 4 atom stereocenters. The van der Waals surface area contributed by atoms with Gasteiger partial charge >= 0.3 is 12.1 Å². The summed E-state index contributed by atoms with van der Waals surface area (Å²) in [4.78, 5) is 63.1. The molecule has 4 unspecified atom stereocenters. The molecule has 6 heterocycles. The highest BCUT2D eigenvalue weighted by Crippen LogP contribution is 2.32. The highest BCUT2D eigenvalue weighted by atomic mass is 16.2. The summed E-state index contributed by atoms with van der Waals surface area (Å²) >= 11 is 0. The maximum absolute atomic E-state index is 12.9. The summed E-state index contributed by atoms with van der Waals surface area (Å²) in [5.41, 5.74) is 6.60. The van der Waals surface area contributed by atoms with Crippen LogP contribution in [0.1, 0.15) is 61.8 Å². The van der Waals surface area contributed by atoms with E-state index in [1.54, 1.807) is 19.0 Å². The molecule has 6 aliphatic heterocycles. The number of nitrogens with one attached hydrogen (secondary N) is 2. The number of carbonyl (C=O) groups excluding carboxylic acids is 4. The molecule has 0 aromatic rings. The number of rotatable bonds is 0. The second-order valence-corrected chi connectivity index (χ2v) is 13.6. The number of hydrazone groups is 2. The van der Waals surface area contributed by atoms with E-state index in [2.05, 4.69) is 30.6 Å². The number of fused-ring (bicyclic) bond motifs is 5. The van der Waals surface area contributed by atoms with Crippen molar-refractivity contribution < 1.29 is 23.8 Å². The minimum Gasteiger partial charge on any atom is -0.320 e. The van der Waals surface area contributed by atoms with Gasteiger partial charge < -0.3 is 14.7 Å². The van der Waals surface area contributed by atoms with Crippen molar-refractivity contribution in [1.82, 2.24) is 35.4 Å². The smallest absolute Gasteiger partial charge is 0.320 e. The fourth-order valence-corrected chi connectivity index (χ4v) is 6.27. The Labute approximate surface area is 245 Å². The summed E-state index contributed by atoms with van der Waals surface area (Å²) in [5.74, 6) is 1.17. The van der Waals surface area contributed by atoms with Gasteiger partial charge in [-0.05, 0) is 55.4 Å². The Morgan fingerprint density at radius 1 is 0.810 bits per heavy atom. The van der Waals surface area contributed by atoms with E-state index in [0.29, 0.717) is 25.5 Å². The van der Waals surface area contributed by atoms with E-state index in [1.807, 2.05) is 60.3 Å². The van der Waals surface area contributed by atoms with Crippen LogP contribution in [0.5, 0.6) is 0 Å². The predicted octanol–water partition coefficient (Wildman–Crippen LogP) is 0.234. The average Bonchev–Trinajstić information content (AvgIpc) is 3.44. The highest BCUT2D eigenvalue weighted by molar-refractivity contribution is 6.06. The lowest BCUT2D eigenvalue weighted by molar-refractivity contribution is -0.540. The Bertz CT molecular complexity index is 1370. The van der Waals surface area contributed by atoms with Gasteiger partial charge in [0, 0.05) is 25.2 Å². The van der Waals surface area contributed by atoms with Crippen molar-refractivity contribution in [2.24, 2.45) is 15.2 Å². The van der Waals surface area contributed by atoms with Gasteiger partial charge in [0.25, 0.3) is 17.6 Å². The van der Waals surface area contributed by atoms with Crippen molar-refractivity contribution in [3.05, 3.63) is 0 Å². The van der Waals surface area contributed by atoms with Crippen LogP contribution in [0.2, 0.25) is 0 Å². The molecule has 0 aromatic heterocycles. The third-order valence-electron chi connectivity index (χ3n) is 8.28. The van der Waals surface area contributed by atoms with E-state index in [4.69, 9.17) is 0 Å². The van der Waals surface area contributed by atoms with Crippen molar-refractivity contribution in [1.29, 1.82) is 0 Å². The zero-order chi connectivity index (χ0) is 31.0. The van der Waals surface area contributed by atoms with Crippen molar-refractivity contribution >= 4 is 47.1 Å². The molecular formula is C27H42N11O4+. The van der Waals surface area contributed by atoms with Crippen LogP contribution < -0.4 is 10.9 Å². The molecule has 15 nitrogen and oxygen atoms in total. The van der Waals surface area contributed by atoms with Crippen LogP contribution in [0, 0.1) is 0 Å². The molecule has 0 aromatic carbocycles. The lowest BCUT2D eigenvalue weighted by Gasteiger charge is -2.46. The number of aliphatic imine (C=N–C) groups is 1. The van der Waals surface area contributed by atoms with E-state index in [0.717, 1.165) is 17.3 Å². The molecule has 228 valence electrons. The Morgan fingerprint density at radius 2 is 1.38 bits per heavy atom. The first-order valence-electron chi connectivity index (χ1n) is 14.2. The molecule has 6 aliphatic rings. The summed E-state index contributed by atoms with van der Waals surface area (Å²) in [6.07, 6.45) is 0.153. The topological polar surface area (TPSA) is 149 Å². The predicted molar refractivity (Wildman–Crippen MR) is 156 cm³/mol. The molecule has 0 radical (unpaired) electrons. The molecule has 0 aliphatic carbocycles. The van der Waals surface area contributed by atoms with Crippen LogP contribution in [0.25, 0.3) is 0 Å². The van der Waals surface area contributed by atoms with E-state index >= 15 is 0 Å². The zero-order valence-corrected chi connectivity index (χ0v) is 26.1. The van der Waals surface area contributed by atoms with Gasteiger partial charge in [-0.15, -0.1) is 0 Å². The fraction of sp³-hybridized carbons (Fsp3) is 0.704. The van der Waals surface area contributed by atoms with Crippen LogP contribution in [0.3, 0.4) is 0 Å². The first-order valence-corrected chi connectivity index (χ1v) is 14.2. The summed E-state index contributed by atoms with van der Waals surface area (Å²) < 4.78 is 2.05. The van der Waals surface area contributed by atoms with Crippen LogP contribution in [0.4, 0.5) is 9.59 Å². The Hall–Kier alpha value is -4.04. The maximum atomic E-state index is 12.9. The Kier molecular flexibility index (Phi) is 6.85.